The molecule has 0 radical (unpaired) electrons. The van der Waals surface area contributed by atoms with Gasteiger partial charge in [0.15, 0.2) is 17.5 Å². The number of benzene rings is 10. The summed E-state index contributed by atoms with van der Waals surface area (Å²) in [6, 6.07) is 84.6. The molecule has 4 heterocycles. The quantitative estimate of drug-likeness (QED) is 0.160. The highest BCUT2D eigenvalue weighted by Gasteiger charge is 2.20. The molecule has 0 fully saturated rings. The third-order valence-corrected chi connectivity index (χ3v) is 14.7. The van der Waals surface area contributed by atoms with Gasteiger partial charge in [0, 0.05) is 69.8 Å². The van der Waals surface area contributed by atoms with E-state index >= 15 is 0 Å². The monoisotopic (exact) mass is 897 g/mol. The Hall–Kier alpha value is -8.97. The zero-order valence-corrected chi connectivity index (χ0v) is 38.0. The molecule has 0 atom stereocenters. The van der Waals surface area contributed by atoms with Crippen molar-refractivity contribution >= 4 is 75.1 Å². The van der Waals surface area contributed by atoms with E-state index in [2.05, 4.69) is 246 Å². The third-order valence-electron chi connectivity index (χ3n) is 13.6. The molecule has 6 heteroatoms. The molecular weight excluding hydrogens is 859 g/mol. The molecule has 5 nitrogen and oxygen atoms in total. The van der Waals surface area contributed by atoms with Crippen molar-refractivity contribution in [3.05, 3.63) is 237 Å². The van der Waals surface area contributed by atoms with Crippen LogP contribution in [0.25, 0.3) is 132 Å². The van der Waals surface area contributed by atoms with Gasteiger partial charge in [-0.2, -0.15) is 0 Å². The lowest BCUT2D eigenvalue weighted by Crippen LogP contribution is -2.01. The van der Waals surface area contributed by atoms with Crippen molar-refractivity contribution in [1.29, 1.82) is 0 Å². The molecule has 14 aromatic rings. The lowest BCUT2D eigenvalue weighted by molar-refractivity contribution is 1.07. The fourth-order valence-corrected chi connectivity index (χ4v) is 11.4. The van der Waals surface area contributed by atoms with Gasteiger partial charge >= 0.3 is 0 Å². The van der Waals surface area contributed by atoms with E-state index in [0.29, 0.717) is 17.5 Å². The van der Waals surface area contributed by atoms with Crippen LogP contribution in [0.1, 0.15) is 0 Å². The van der Waals surface area contributed by atoms with Crippen LogP contribution in [0.5, 0.6) is 0 Å². The summed E-state index contributed by atoms with van der Waals surface area (Å²) in [6.07, 6.45) is 0. The van der Waals surface area contributed by atoms with E-state index in [0.717, 1.165) is 60.9 Å². The van der Waals surface area contributed by atoms with Crippen molar-refractivity contribution in [2.45, 2.75) is 0 Å². The van der Waals surface area contributed by atoms with E-state index in [1.165, 1.54) is 53.2 Å². The second-order valence-corrected chi connectivity index (χ2v) is 18.7. The first kappa shape index (κ1) is 39.2. The van der Waals surface area contributed by atoms with Crippen molar-refractivity contribution in [3.8, 4) is 67.8 Å². The molecule has 322 valence electrons. The van der Waals surface area contributed by atoms with E-state index in [9.17, 15) is 0 Å². The van der Waals surface area contributed by atoms with E-state index in [-0.39, 0.29) is 0 Å². The Bertz CT molecular complexity index is 4070. The van der Waals surface area contributed by atoms with Crippen molar-refractivity contribution in [1.82, 2.24) is 24.1 Å². The average Bonchev–Trinajstić information content (AvgIpc) is 4.08. The van der Waals surface area contributed by atoms with Gasteiger partial charge in [-0.05, 0) is 82.9 Å². The van der Waals surface area contributed by atoms with Gasteiger partial charge in [0.25, 0.3) is 0 Å². The van der Waals surface area contributed by atoms with Crippen LogP contribution in [-0.2, 0) is 0 Å². The number of rotatable bonds is 7. The number of hydrogen-bond donors (Lipinski definition) is 0. The summed E-state index contributed by atoms with van der Waals surface area (Å²) in [7, 11) is 0. The number of nitrogens with zero attached hydrogens (tertiary/aromatic N) is 5. The van der Waals surface area contributed by atoms with Gasteiger partial charge in [-0.1, -0.05) is 176 Å². The molecule has 0 bridgehead atoms. The zero-order valence-electron chi connectivity index (χ0n) is 37.2. The summed E-state index contributed by atoms with van der Waals surface area (Å²) < 4.78 is 7.21. The van der Waals surface area contributed by atoms with Crippen LogP contribution in [0.4, 0.5) is 0 Å². The number of aromatic nitrogens is 5. The van der Waals surface area contributed by atoms with Gasteiger partial charge in [-0.15, -0.1) is 11.3 Å². The fourth-order valence-electron chi connectivity index (χ4n) is 10.3. The number of para-hydroxylation sites is 2. The molecule has 0 N–H and O–H groups in total. The molecule has 0 aliphatic rings. The SMILES string of the molecule is c1ccc(-c2ccc3c4ccc(-c5nc(-c6ccc7c(c6)sc6ccccc67)nc(-c6ccc7c8ccc(-c9ccccc9)cc8n(-c8ccccc8)c7c6)n5)cc4n(-c4ccccc4)c3c2)cc1. The average molecular weight is 898 g/mol. The summed E-state index contributed by atoms with van der Waals surface area (Å²) in [5, 5.41) is 7.20. The fraction of sp³-hybridized carbons (Fsp3) is 0. The van der Waals surface area contributed by atoms with Crippen molar-refractivity contribution < 1.29 is 0 Å². The molecule has 0 spiro atoms. The van der Waals surface area contributed by atoms with Crippen LogP contribution in [0.2, 0.25) is 0 Å². The summed E-state index contributed by atoms with van der Waals surface area (Å²) in [5.74, 6) is 1.85. The third kappa shape index (κ3) is 6.56. The van der Waals surface area contributed by atoms with Crippen LogP contribution < -0.4 is 0 Å². The highest BCUT2D eigenvalue weighted by atomic mass is 32.1. The zero-order chi connectivity index (χ0) is 45.4. The van der Waals surface area contributed by atoms with E-state index in [4.69, 9.17) is 15.0 Å². The van der Waals surface area contributed by atoms with Crippen LogP contribution in [0.3, 0.4) is 0 Å². The Morgan fingerprint density at radius 3 is 1.03 bits per heavy atom. The van der Waals surface area contributed by atoms with E-state index < -0.39 is 0 Å². The standard InChI is InChI=1S/C63H39N5S/c1-5-15-40(16-6-1)42-25-30-49-51-32-27-44(37-57(51)67(55(49)35-42)47-19-9-3-10-20-47)61-64-62(66-63(65-61)46-29-34-54-53-23-13-14-24-59(53)69-60(54)39-46)45-28-33-52-50-31-26-43(41-17-7-2-8-18-41)36-56(50)68(58(52)38-45)48-21-11-4-12-22-48/h1-39H. The Labute approximate surface area is 401 Å². The van der Waals surface area contributed by atoms with Gasteiger partial charge < -0.3 is 9.13 Å². The first-order chi connectivity index (χ1) is 34.2. The number of fused-ring (bicyclic) bond motifs is 9. The molecule has 4 aromatic heterocycles. The number of thiophene rings is 1. The Morgan fingerprint density at radius 1 is 0.246 bits per heavy atom. The molecule has 0 saturated carbocycles. The van der Waals surface area contributed by atoms with Crippen LogP contribution >= 0.6 is 11.3 Å². The predicted molar refractivity (Wildman–Crippen MR) is 289 cm³/mol. The highest BCUT2D eigenvalue weighted by molar-refractivity contribution is 7.25. The summed E-state index contributed by atoms with van der Waals surface area (Å²) in [6.45, 7) is 0. The second kappa shape index (κ2) is 15.8. The minimum Gasteiger partial charge on any atom is -0.309 e. The largest absolute Gasteiger partial charge is 0.309 e. The Balaban J connectivity index is 0.992. The first-order valence-corrected chi connectivity index (χ1v) is 24.1. The minimum atomic E-state index is 0.611. The maximum absolute atomic E-state index is 5.39. The van der Waals surface area contributed by atoms with Crippen molar-refractivity contribution in [2.24, 2.45) is 0 Å². The van der Waals surface area contributed by atoms with Crippen LogP contribution in [0.15, 0.2) is 237 Å². The molecule has 0 aliphatic carbocycles. The molecule has 0 unspecified atom stereocenters. The first-order valence-electron chi connectivity index (χ1n) is 23.3. The van der Waals surface area contributed by atoms with E-state index in [1.54, 1.807) is 11.3 Å². The van der Waals surface area contributed by atoms with Gasteiger partial charge in [0.2, 0.25) is 0 Å². The highest BCUT2D eigenvalue weighted by Crippen LogP contribution is 2.41. The summed E-state index contributed by atoms with van der Waals surface area (Å²) in [5.41, 5.74) is 14.1. The Morgan fingerprint density at radius 2 is 0.580 bits per heavy atom. The molecule has 0 aliphatic heterocycles. The van der Waals surface area contributed by atoms with Crippen molar-refractivity contribution in [3.63, 3.8) is 0 Å². The van der Waals surface area contributed by atoms with E-state index in [1.807, 2.05) is 0 Å². The maximum Gasteiger partial charge on any atom is 0.164 e. The molecule has 10 aromatic carbocycles. The smallest absolute Gasteiger partial charge is 0.164 e. The maximum atomic E-state index is 5.39. The van der Waals surface area contributed by atoms with Gasteiger partial charge in [-0.3, -0.25) is 0 Å². The number of hydrogen-bond acceptors (Lipinski definition) is 4. The molecular formula is C63H39N5S. The summed E-state index contributed by atoms with van der Waals surface area (Å²) >= 11 is 1.80. The van der Waals surface area contributed by atoms with Crippen LogP contribution in [-0.4, -0.2) is 24.1 Å². The lowest BCUT2D eigenvalue weighted by Gasteiger charge is -2.12. The predicted octanol–water partition coefficient (Wildman–Crippen LogP) is 16.8. The molecule has 0 amide bonds. The van der Waals surface area contributed by atoms with Gasteiger partial charge in [0.05, 0.1) is 22.1 Å². The molecule has 0 saturated heterocycles. The Kier molecular flexibility index (Phi) is 9.00. The second-order valence-electron chi connectivity index (χ2n) is 17.6. The van der Waals surface area contributed by atoms with Crippen LogP contribution in [0, 0.1) is 0 Å². The normalized spacial score (nSPS) is 11.8. The molecule has 14 rings (SSSR count). The summed E-state index contributed by atoms with van der Waals surface area (Å²) in [4.78, 5) is 16.1. The van der Waals surface area contributed by atoms with Gasteiger partial charge in [-0.25, -0.2) is 15.0 Å². The minimum absolute atomic E-state index is 0.611. The molecule has 69 heavy (non-hydrogen) atoms. The lowest BCUT2D eigenvalue weighted by atomic mass is 10.0. The van der Waals surface area contributed by atoms with Gasteiger partial charge in [0.1, 0.15) is 0 Å². The van der Waals surface area contributed by atoms with Crippen molar-refractivity contribution in [2.75, 3.05) is 0 Å². The topological polar surface area (TPSA) is 48.5 Å².